The summed E-state index contributed by atoms with van der Waals surface area (Å²) in [6.45, 7) is 1.56. The third-order valence-corrected chi connectivity index (χ3v) is 1.78. The van der Waals surface area contributed by atoms with Crippen LogP contribution in [0.2, 0.25) is 0 Å². The Hall–Kier alpha value is -1.42. The molecule has 1 atom stereocenters. The lowest BCUT2D eigenvalue weighted by molar-refractivity contribution is -0.123. The third-order valence-electron chi connectivity index (χ3n) is 1.78. The number of carbonyl (C=O) groups is 1. The van der Waals surface area contributed by atoms with E-state index in [0.717, 1.165) is 0 Å². The molecule has 0 heterocycles. The molecule has 0 spiro atoms. The van der Waals surface area contributed by atoms with Crippen molar-refractivity contribution in [3.63, 3.8) is 0 Å². The molecule has 4 heteroatoms. The first-order valence-electron chi connectivity index (χ1n) is 4.28. The minimum atomic E-state index is -0.592. The average molecular weight is 197 g/mol. The Labute approximate surface area is 81.7 Å². The highest BCUT2D eigenvalue weighted by molar-refractivity contribution is 5.84. The Morgan fingerprint density at radius 3 is 2.57 bits per heavy atom. The van der Waals surface area contributed by atoms with E-state index in [4.69, 9.17) is 10.5 Å². The third kappa shape index (κ3) is 2.81. The lowest BCUT2D eigenvalue weighted by Gasteiger charge is -2.12. The summed E-state index contributed by atoms with van der Waals surface area (Å²) in [5.41, 5.74) is 5.16. The van der Waals surface area contributed by atoms with Crippen LogP contribution in [0, 0.1) is 5.82 Å². The number of Topliss-reactive ketones (excluding diaryl/α,β-unsaturated/α-hetero) is 1. The first kappa shape index (κ1) is 10.7. The maximum Gasteiger partial charge on any atom is 0.186 e. The molecule has 1 aromatic rings. The average Bonchev–Trinajstić information content (AvgIpc) is 2.20. The largest absolute Gasteiger partial charge is 0.483 e. The van der Waals surface area contributed by atoms with Crippen molar-refractivity contribution in [2.75, 3.05) is 6.54 Å². The van der Waals surface area contributed by atoms with Gasteiger partial charge in [0.05, 0.1) is 6.54 Å². The topological polar surface area (TPSA) is 52.3 Å². The van der Waals surface area contributed by atoms with Gasteiger partial charge < -0.3 is 10.5 Å². The second-order valence-electron chi connectivity index (χ2n) is 2.88. The normalized spacial score (nSPS) is 12.2. The van der Waals surface area contributed by atoms with E-state index in [1.807, 2.05) is 0 Å². The van der Waals surface area contributed by atoms with Crippen molar-refractivity contribution in [3.05, 3.63) is 30.1 Å². The SMILES string of the molecule is CC(Oc1ccc(F)cc1)C(=O)CN. The monoisotopic (exact) mass is 197 g/mol. The summed E-state index contributed by atoms with van der Waals surface area (Å²) < 4.78 is 17.7. The molecule has 0 aliphatic rings. The molecular weight excluding hydrogens is 185 g/mol. The predicted octanol–water partition coefficient (Wildman–Crippen LogP) is 1.12. The van der Waals surface area contributed by atoms with Crippen molar-refractivity contribution in [1.82, 2.24) is 0 Å². The van der Waals surface area contributed by atoms with Crippen LogP contribution in [-0.4, -0.2) is 18.4 Å². The Bertz CT molecular complexity index is 310. The molecule has 1 unspecified atom stereocenters. The number of ketones is 1. The molecule has 0 fully saturated rings. The van der Waals surface area contributed by atoms with Crippen molar-refractivity contribution in [3.8, 4) is 5.75 Å². The highest BCUT2D eigenvalue weighted by Crippen LogP contribution is 2.12. The van der Waals surface area contributed by atoms with Gasteiger partial charge in [-0.15, -0.1) is 0 Å². The molecular formula is C10H12FNO2. The number of benzene rings is 1. The van der Waals surface area contributed by atoms with E-state index >= 15 is 0 Å². The van der Waals surface area contributed by atoms with Gasteiger partial charge in [0, 0.05) is 0 Å². The lowest BCUT2D eigenvalue weighted by atomic mass is 10.2. The number of hydrogen-bond donors (Lipinski definition) is 1. The Balaban J connectivity index is 2.60. The highest BCUT2D eigenvalue weighted by Gasteiger charge is 2.12. The summed E-state index contributed by atoms with van der Waals surface area (Å²) in [7, 11) is 0. The maximum atomic E-state index is 12.5. The number of ether oxygens (including phenoxy) is 1. The van der Waals surface area contributed by atoms with Crippen LogP contribution >= 0.6 is 0 Å². The quantitative estimate of drug-likeness (QED) is 0.786. The van der Waals surface area contributed by atoms with Crippen LogP contribution < -0.4 is 10.5 Å². The van der Waals surface area contributed by atoms with Gasteiger partial charge in [-0.2, -0.15) is 0 Å². The zero-order chi connectivity index (χ0) is 10.6. The fourth-order valence-corrected chi connectivity index (χ4v) is 0.949. The Kier molecular flexibility index (Phi) is 3.59. The molecule has 3 nitrogen and oxygen atoms in total. The predicted molar refractivity (Wildman–Crippen MR) is 50.6 cm³/mol. The summed E-state index contributed by atoms with van der Waals surface area (Å²) in [6, 6.07) is 5.48. The second-order valence-corrected chi connectivity index (χ2v) is 2.88. The first-order chi connectivity index (χ1) is 6.63. The van der Waals surface area contributed by atoms with Gasteiger partial charge in [-0.25, -0.2) is 4.39 Å². The van der Waals surface area contributed by atoms with Gasteiger partial charge in [0.25, 0.3) is 0 Å². The van der Waals surface area contributed by atoms with Gasteiger partial charge in [0.15, 0.2) is 11.9 Å². The van der Waals surface area contributed by atoms with Crippen LogP contribution in [0.5, 0.6) is 5.75 Å². The molecule has 0 aliphatic heterocycles. The lowest BCUT2D eigenvalue weighted by Crippen LogP contribution is -2.30. The van der Waals surface area contributed by atoms with Crippen LogP contribution in [0.3, 0.4) is 0 Å². The molecule has 1 aromatic carbocycles. The summed E-state index contributed by atoms with van der Waals surface area (Å²) in [4.78, 5) is 11.1. The number of carbonyl (C=O) groups excluding carboxylic acids is 1. The van der Waals surface area contributed by atoms with E-state index in [-0.39, 0.29) is 18.1 Å². The van der Waals surface area contributed by atoms with Crippen molar-refractivity contribution in [1.29, 1.82) is 0 Å². The summed E-state index contributed by atoms with van der Waals surface area (Å²) >= 11 is 0. The van der Waals surface area contributed by atoms with E-state index in [9.17, 15) is 9.18 Å². The fourth-order valence-electron chi connectivity index (χ4n) is 0.949. The van der Waals surface area contributed by atoms with Gasteiger partial charge in [0.1, 0.15) is 11.6 Å². The number of rotatable bonds is 4. The zero-order valence-electron chi connectivity index (χ0n) is 7.87. The zero-order valence-corrected chi connectivity index (χ0v) is 7.87. The van der Waals surface area contributed by atoms with E-state index in [1.54, 1.807) is 6.92 Å². The van der Waals surface area contributed by atoms with Crippen molar-refractivity contribution in [2.45, 2.75) is 13.0 Å². The van der Waals surface area contributed by atoms with E-state index < -0.39 is 6.10 Å². The molecule has 0 bridgehead atoms. The molecule has 1 rings (SSSR count). The van der Waals surface area contributed by atoms with Gasteiger partial charge in [0.2, 0.25) is 0 Å². The van der Waals surface area contributed by atoms with Gasteiger partial charge in [-0.05, 0) is 31.2 Å². The van der Waals surface area contributed by atoms with Crippen molar-refractivity contribution < 1.29 is 13.9 Å². The second kappa shape index (κ2) is 4.72. The van der Waals surface area contributed by atoms with Crippen LogP contribution in [0.1, 0.15) is 6.92 Å². The maximum absolute atomic E-state index is 12.5. The highest BCUT2D eigenvalue weighted by atomic mass is 19.1. The molecule has 76 valence electrons. The van der Waals surface area contributed by atoms with Gasteiger partial charge in [-0.1, -0.05) is 0 Å². The Morgan fingerprint density at radius 2 is 2.07 bits per heavy atom. The standard InChI is InChI=1S/C10H12FNO2/c1-7(10(13)6-12)14-9-4-2-8(11)3-5-9/h2-5,7H,6,12H2,1H3. The molecule has 0 saturated heterocycles. The Morgan fingerprint density at radius 1 is 1.50 bits per heavy atom. The number of hydrogen-bond acceptors (Lipinski definition) is 3. The summed E-state index contributed by atoms with van der Waals surface area (Å²) in [5.74, 6) is -0.0646. The molecule has 0 amide bonds. The van der Waals surface area contributed by atoms with Crippen LogP contribution in [-0.2, 0) is 4.79 Å². The first-order valence-corrected chi connectivity index (χ1v) is 4.28. The van der Waals surface area contributed by atoms with Crippen LogP contribution in [0.15, 0.2) is 24.3 Å². The molecule has 0 aliphatic carbocycles. The van der Waals surface area contributed by atoms with Crippen molar-refractivity contribution in [2.24, 2.45) is 5.73 Å². The molecule has 2 N–H and O–H groups in total. The smallest absolute Gasteiger partial charge is 0.186 e. The van der Waals surface area contributed by atoms with E-state index in [2.05, 4.69) is 0 Å². The molecule has 0 radical (unpaired) electrons. The summed E-state index contributed by atoms with van der Waals surface area (Å²) in [5, 5.41) is 0. The summed E-state index contributed by atoms with van der Waals surface area (Å²) in [6.07, 6.45) is -0.592. The molecule has 0 saturated carbocycles. The van der Waals surface area contributed by atoms with Crippen LogP contribution in [0.4, 0.5) is 4.39 Å². The fraction of sp³-hybridized carbons (Fsp3) is 0.300. The van der Waals surface area contributed by atoms with Gasteiger partial charge >= 0.3 is 0 Å². The molecule has 14 heavy (non-hydrogen) atoms. The van der Waals surface area contributed by atoms with Gasteiger partial charge in [-0.3, -0.25) is 4.79 Å². The van der Waals surface area contributed by atoms with Crippen molar-refractivity contribution >= 4 is 5.78 Å². The number of nitrogens with two attached hydrogens (primary N) is 1. The minimum Gasteiger partial charge on any atom is -0.483 e. The molecule has 0 aromatic heterocycles. The van der Waals surface area contributed by atoms with Crippen LogP contribution in [0.25, 0.3) is 0 Å². The minimum absolute atomic E-state index is 0.0532. The number of halogens is 1. The van der Waals surface area contributed by atoms with E-state index in [0.29, 0.717) is 5.75 Å². The van der Waals surface area contributed by atoms with E-state index in [1.165, 1.54) is 24.3 Å².